The number of nitrogens with one attached hydrogen (secondary N) is 1. The zero-order valence-corrected chi connectivity index (χ0v) is 14.1. The van der Waals surface area contributed by atoms with Gasteiger partial charge in [-0.05, 0) is 25.3 Å². The molecule has 0 unspecified atom stereocenters. The summed E-state index contributed by atoms with van der Waals surface area (Å²) in [6, 6.07) is 7.20. The number of nitrogens with zero attached hydrogens (tertiary/aromatic N) is 2. The van der Waals surface area contributed by atoms with Gasteiger partial charge in [-0.15, -0.1) is 0 Å². The first-order chi connectivity index (χ1) is 12.2. The van der Waals surface area contributed by atoms with Crippen LogP contribution in [0.4, 0.5) is 0 Å². The normalized spacial score (nSPS) is 17.0. The van der Waals surface area contributed by atoms with E-state index >= 15 is 0 Å². The van der Waals surface area contributed by atoms with Crippen molar-refractivity contribution in [1.82, 2.24) is 15.1 Å². The molecule has 7 heteroatoms. The molecule has 1 amide bonds. The van der Waals surface area contributed by atoms with E-state index in [1.54, 1.807) is 18.3 Å². The number of carbonyl (C=O) groups is 1. The lowest BCUT2D eigenvalue weighted by molar-refractivity contribution is -0.121. The Kier molecular flexibility index (Phi) is 6.14. The molecular weight excluding hydrogens is 322 g/mol. The van der Waals surface area contributed by atoms with Crippen LogP contribution in [0.25, 0.3) is 10.8 Å². The van der Waals surface area contributed by atoms with Crippen LogP contribution in [0.3, 0.4) is 0 Å². The maximum Gasteiger partial charge on any atom is 0.275 e. The number of aromatic nitrogens is 2. The average molecular weight is 345 g/mol. The Morgan fingerprint density at radius 1 is 1.40 bits per heavy atom. The molecule has 0 aliphatic carbocycles. The molecule has 0 bridgehead atoms. The van der Waals surface area contributed by atoms with Crippen molar-refractivity contribution in [1.29, 1.82) is 0 Å². The lowest BCUT2D eigenvalue weighted by Gasteiger charge is -2.10. The highest BCUT2D eigenvalue weighted by molar-refractivity contribution is 5.81. The summed E-state index contributed by atoms with van der Waals surface area (Å²) >= 11 is 0. The van der Waals surface area contributed by atoms with Gasteiger partial charge in [0, 0.05) is 25.1 Å². The highest BCUT2D eigenvalue weighted by atomic mass is 16.5. The molecular formula is C18H23N3O4. The van der Waals surface area contributed by atoms with E-state index in [2.05, 4.69) is 10.4 Å². The Bertz CT molecular complexity index is 768. The quantitative estimate of drug-likeness (QED) is 0.725. The van der Waals surface area contributed by atoms with Crippen molar-refractivity contribution in [3.8, 4) is 0 Å². The molecule has 2 aromatic rings. The molecule has 0 spiro atoms. The predicted octanol–water partition coefficient (Wildman–Crippen LogP) is 1.10. The lowest BCUT2D eigenvalue weighted by atomic mass is 10.2. The van der Waals surface area contributed by atoms with Gasteiger partial charge in [0.05, 0.1) is 24.3 Å². The summed E-state index contributed by atoms with van der Waals surface area (Å²) in [6.45, 7) is 2.44. The Morgan fingerprint density at radius 2 is 2.28 bits per heavy atom. The predicted molar refractivity (Wildman–Crippen MR) is 93.4 cm³/mol. The first-order valence-corrected chi connectivity index (χ1v) is 8.65. The van der Waals surface area contributed by atoms with E-state index in [0.717, 1.165) is 31.3 Å². The minimum Gasteiger partial charge on any atom is -0.379 e. The molecule has 1 saturated heterocycles. The summed E-state index contributed by atoms with van der Waals surface area (Å²) in [5.74, 6) is -0.232. The van der Waals surface area contributed by atoms with E-state index in [0.29, 0.717) is 25.1 Å². The van der Waals surface area contributed by atoms with Crippen molar-refractivity contribution in [2.24, 2.45) is 0 Å². The Morgan fingerprint density at radius 3 is 3.12 bits per heavy atom. The fourth-order valence-electron chi connectivity index (χ4n) is 2.82. The molecule has 134 valence electrons. The van der Waals surface area contributed by atoms with Crippen LogP contribution in [0.5, 0.6) is 0 Å². The summed E-state index contributed by atoms with van der Waals surface area (Å²) in [5.41, 5.74) is -0.256. The van der Waals surface area contributed by atoms with Crippen molar-refractivity contribution in [2.45, 2.75) is 31.9 Å². The molecule has 1 aliphatic heterocycles. The van der Waals surface area contributed by atoms with Gasteiger partial charge in [-0.3, -0.25) is 9.59 Å². The van der Waals surface area contributed by atoms with E-state index in [1.165, 1.54) is 4.68 Å². The van der Waals surface area contributed by atoms with Crippen LogP contribution < -0.4 is 10.9 Å². The molecule has 0 radical (unpaired) electrons. The Labute approximate surface area is 145 Å². The van der Waals surface area contributed by atoms with E-state index in [4.69, 9.17) is 9.47 Å². The summed E-state index contributed by atoms with van der Waals surface area (Å²) < 4.78 is 12.2. The number of carbonyl (C=O) groups excluding carboxylic acids is 1. The smallest absolute Gasteiger partial charge is 0.275 e. The van der Waals surface area contributed by atoms with Gasteiger partial charge in [0.1, 0.15) is 6.54 Å². The second kappa shape index (κ2) is 8.73. The van der Waals surface area contributed by atoms with Crippen LogP contribution in [-0.4, -0.2) is 48.2 Å². The van der Waals surface area contributed by atoms with Crippen molar-refractivity contribution < 1.29 is 14.3 Å². The fourth-order valence-corrected chi connectivity index (χ4v) is 2.82. The number of hydrogen-bond donors (Lipinski definition) is 1. The molecule has 1 aliphatic rings. The second-order valence-corrected chi connectivity index (χ2v) is 6.11. The number of ether oxygens (including phenoxy) is 2. The number of benzene rings is 1. The summed E-state index contributed by atoms with van der Waals surface area (Å²) in [4.78, 5) is 24.3. The van der Waals surface area contributed by atoms with Crippen molar-refractivity contribution >= 4 is 16.7 Å². The number of amides is 1. The monoisotopic (exact) mass is 345 g/mol. The van der Waals surface area contributed by atoms with Gasteiger partial charge in [-0.1, -0.05) is 18.2 Å². The van der Waals surface area contributed by atoms with E-state index < -0.39 is 0 Å². The molecule has 1 atom stereocenters. The SMILES string of the molecule is O=C(Cn1ncc2ccccc2c1=O)NCCCOC[C@H]1CCCO1. The molecule has 1 aromatic carbocycles. The standard InChI is InChI=1S/C18H23N3O4/c22-17(19-8-4-9-24-13-15-6-3-10-25-15)12-21-18(23)16-7-2-1-5-14(16)11-20-21/h1-2,5,7,11,15H,3-4,6,8-10,12-13H2,(H,19,22)/t15-/m1/s1. The van der Waals surface area contributed by atoms with Crippen molar-refractivity contribution in [2.75, 3.05) is 26.4 Å². The molecule has 3 rings (SSSR count). The third-order valence-corrected chi connectivity index (χ3v) is 4.17. The summed E-state index contributed by atoms with van der Waals surface area (Å²) in [5, 5.41) is 8.17. The maximum absolute atomic E-state index is 12.3. The number of hydrogen-bond acceptors (Lipinski definition) is 5. The highest BCUT2D eigenvalue weighted by Crippen LogP contribution is 2.11. The van der Waals surface area contributed by atoms with Crippen molar-refractivity contribution in [3.63, 3.8) is 0 Å². The fraction of sp³-hybridized carbons (Fsp3) is 0.500. The maximum atomic E-state index is 12.3. The van der Waals surface area contributed by atoms with Crippen LogP contribution in [0.15, 0.2) is 35.3 Å². The molecule has 0 saturated carbocycles. The zero-order chi connectivity index (χ0) is 17.5. The van der Waals surface area contributed by atoms with Gasteiger partial charge in [-0.25, -0.2) is 4.68 Å². The topological polar surface area (TPSA) is 82.5 Å². The van der Waals surface area contributed by atoms with Gasteiger partial charge in [0.15, 0.2) is 0 Å². The van der Waals surface area contributed by atoms with Gasteiger partial charge < -0.3 is 14.8 Å². The summed E-state index contributed by atoms with van der Waals surface area (Å²) in [7, 11) is 0. The second-order valence-electron chi connectivity index (χ2n) is 6.11. The zero-order valence-electron chi connectivity index (χ0n) is 14.1. The Balaban J connectivity index is 1.39. The lowest BCUT2D eigenvalue weighted by Crippen LogP contribution is -2.34. The van der Waals surface area contributed by atoms with Crippen LogP contribution in [0.2, 0.25) is 0 Å². The highest BCUT2D eigenvalue weighted by Gasteiger charge is 2.15. The molecule has 25 heavy (non-hydrogen) atoms. The molecule has 1 N–H and O–H groups in total. The van der Waals surface area contributed by atoms with E-state index in [-0.39, 0.29) is 24.1 Å². The van der Waals surface area contributed by atoms with E-state index in [1.807, 2.05) is 12.1 Å². The molecule has 1 aromatic heterocycles. The van der Waals surface area contributed by atoms with Crippen LogP contribution in [0.1, 0.15) is 19.3 Å². The minimum atomic E-state index is -0.256. The van der Waals surface area contributed by atoms with Crippen LogP contribution >= 0.6 is 0 Å². The van der Waals surface area contributed by atoms with Gasteiger partial charge in [-0.2, -0.15) is 5.10 Å². The Hall–Kier alpha value is -2.25. The van der Waals surface area contributed by atoms with Crippen molar-refractivity contribution in [3.05, 3.63) is 40.8 Å². The van der Waals surface area contributed by atoms with Gasteiger partial charge in [0.2, 0.25) is 5.91 Å². The van der Waals surface area contributed by atoms with Gasteiger partial charge in [0.25, 0.3) is 5.56 Å². The van der Waals surface area contributed by atoms with Gasteiger partial charge >= 0.3 is 0 Å². The number of fused-ring (bicyclic) bond motifs is 1. The first kappa shape index (κ1) is 17.6. The molecule has 7 nitrogen and oxygen atoms in total. The molecule has 2 heterocycles. The average Bonchev–Trinajstić information content (AvgIpc) is 3.14. The number of rotatable bonds is 8. The summed E-state index contributed by atoms with van der Waals surface area (Å²) in [6.07, 6.45) is 4.71. The molecule has 1 fully saturated rings. The van der Waals surface area contributed by atoms with Crippen LogP contribution in [0, 0.1) is 0 Å². The minimum absolute atomic E-state index is 0.0829. The third kappa shape index (κ3) is 4.87. The first-order valence-electron chi connectivity index (χ1n) is 8.65. The largest absolute Gasteiger partial charge is 0.379 e. The third-order valence-electron chi connectivity index (χ3n) is 4.17. The van der Waals surface area contributed by atoms with Crippen LogP contribution in [-0.2, 0) is 20.8 Å². The van der Waals surface area contributed by atoms with E-state index in [9.17, 15) is 9.59 Å².